The van der Waals surface area contributed by atoms with Crippen LogP contribution in [0.1, 0.15) is 19.4 Å². The number of nitrogens with zero attached hydrogens (tertiary/aromatic N) is 4. The van der Waals surface area contributed by atoms with Crippen LogP contribution in [0.15, 0.2) is 39.5 Å². The first-order valence-electron chi connectivity index (χ1n) is 9.37. The minimum atomic E-state index is -1.05. The second kappa shape index (κ2) is 10.0. The number of amidine groups is 2. The summed E-state index contributed by atoms with van der Waals surface area (Å²) in [6.07, 6.45) is 0.0499. The molecule has 1 aliphatic heterocycles. The third-order valence-electron chi connectivity index (χ3n) is 4.65. The molecule has 0 aliphatic carbocycles. The standard InChI is InChI=1S/C20H26FN7O3/c1-20(2,27-14(29)11-25-23-3)19-26-15(16(31-5)17(22)28(19)4)18(30)24-10-12-6-8-13(21)9-7-12/h6-9,11,15-16,22H,3,10H2,1-2,4-5H3,(H,24,30)(H,27,29). The number of nitrogens with one attached hydrogen (secondary N) is 3. The van der Waals surface area contributed by atoms with E-state index in [0.717, 1.165) is 6.21 Å². The molecule has 1 aliphatic rings. The van der Waals surface area contributed by atoms with Crippen LogP contribution in [-0.2, 0) is 20.9 Å². The third kappa shape index (κ3) is 5.79. The van der Waals surface area contributed by atoms with Gasteiger partial charge >= 0.3 is 0 Å². The summed E-state index contributed by atoms with van der Waals surface area (Å²) in [5, 5.41) is 20.6. The highest BCUT2D eigenvalue weighted by molar-refractivity contribution is 6.27. The van der Waals surface area contributed by atoms with Crippen molar-refractivity contribution in [3.63, 3.8) is 0 Å². The van der Waals surface area contributed by atoms with Crippen molar-refractivity contribution in [3.8, 4) is 0 Å². The highest BCUT2D eigenvalue weighted by Gasteiger charge is 2.43. The Hall–Kier alpha value is -3.47. The Balaban J connectivity index is 2.27. The van der Waals surface area contributed by atoms with Crippen LogP contribution < -0.4 is 10.6 Å². The van der Waals surface area contributed by atoms with Crippen LogP contribution in [0.4, 0.5) is 4.39 Å². The predicted molar refractivity (Wildman–Crippen MR) is 116 cm³/mol. The molecular weight excluding hydrogens is 405 g/mol. The van der Waals surface area contributed by atoms with Crippen LogP contribution in [0.5, 0.6) is 0 Å². The lowest BCUT2D eigenvalue weighted by molar-refractivity contribution is -0.124. The molecule has 31 heavy (non-hydrogen) atoms. The zero-order chi connectivity index (χ0) is 23.2. The van der Waals surface area contributed by atoms with Gasteiger partial charge in [0.05, 0.1) is 5.54 Å². The lowest BCUT2D eigenvalue weighted by Crippen LogP contribution is -2.63. The molecule has 11 heteroatoms. The Bertz CT molecular complexity index is 912. The molecule has 166 valence electrons. The Kier molecular flexibility index (Phi) is 7.70. The number of methoxy groups -OCH3 is 1. The molecule has 0 fully saturated rings. The van der Waals surface area contributed by atoms with Gasteiger partial charge in [-0.2, -0.15) is 10.2 Å². The maximum atomic E-state index is 13.1. The van der Waals surface area contributed by atoms with Gasteiger partial charge in [-0.15, -0.1) is 0 Å². The summed E-state index contributed by atoms with van der Waals surface area (Å²) in [4.78, 5) is 30.9. The molecule has 2 amide bonds. The van der Waals surface area contributed by atoms with Crippen LogP contribution in [0.25, 0.3) is 0 Å². The topological polar surface area (TPSA) is 132 Å². The lowest BCUT2D eigenvalue weighted by Gasteiger charge is -2.41. The van der Waals surface area contributed by atoms with Crippen molar-refractivity contribution in [2.24, 2.45) is 15.2 Å². The fourth-order valence-electron chi connectivity index (χ4n) is 3.14. The number of carbonyl (C=O) groups excluding carboxylic acids is 2. The zero-order valence-electron chi connectivity index (χ0n) is 17.8. The Morgan fingerprint density at radius 2 is 2.03 bits per heavy atom. The van der Waals surface area contributed by atoms with Gasteiger partial charge in [0, 0.05) is 27.4 Å². The fourth-order valence-corrected chi connectivity index (χ4v) is 3.14. The molecule has 0 spiro atoms. The van der Waals surface area contributed by atoms with Gasteiger partial charge in [0.2, 0.25) is 5.91 Å². The van der Waals surface area contributed by atoms with Gasteiger partial charge in [0.25, 0.3) is 5.91 Å². The van der Waals surface area contributed by atoms with Crippen molar-refractivity contribution in [1.82, 2.24) is 15.5 Å². The van der Waals surface area contributed by atoms with Crippen molar-refractivity contribution in [3.05, 3.63) is 35.6 Å². The van der Waals surface area contributed by atoms with Crippen molar-refractivity contribution in [2.75, 3.05) is 14.2 Å². The Morgan fingerprint density at radius 1 is 1.39 bits per heavy atom. The molecule has 0 radical (unpaired) electrons. The molecule has 2 atom stereocenters. The molecule has 0 aromatic heterocycles. The number of ether oxygens (including phenoxy) is 1. The van der Waals surface area contributed by atoms with Crippen LogP contribution in [-0.4, -0.2) is 73.2 Å². The van der Waals surface area contributed by atoms with E-state index >= 15 is 0 Å². The highest BCUT2D eigenvalue weighted by Crippen LogP contribution is 2.21. The van der Waals surface area contributed by atoms with E-state index in [9.17, 15) is 14.0 Å². The summed E-state index contributed by atoms with van der Waals surface area (Å²) in [7, 11) is 2.99. The van der Waals surface area contributed by atoms with Crippen LogP contribution in [0.2, 0.25) is 0 Å². The van der Waals surface area contributed by atoms with E-state index in [-0.39, 0.29) is 18.2 Å². The van der Waals surface area contributed by atoms with E-state index in [4.69, 9.17) is 10.1 Å². The zero-order valence-corrected chi connectivity index (χ0v) is 17.8. The number of hydrogen-bond donors (Lipinski definition) is 3. The first kappa shape index (κ1) is 23.8. The van der Waals surface area contributed by atoms with Gasteiger partial charge in [-0.3, -0.25) is 20.0 Å². The van der Waals surface area contributed by atoms with Crippen molar-refractivity contribution in [2.45, 2.75) is 38.1 Å². The molecule has 1 heterocycles. The van der Waals surface area contributed by atoms with Gasteiger partial charge in [-0.1, -0.05) is 12.1 Å². The molecule has 0 bridgehead atoms. The van der Waals surface area contributed by atoms with Gasteiger partial charge in [0.15, 0.2) is 6.04 Å². The summed E-state index contributed by atoms with van der Waals surface area (Å²) < 4.78 is 18.4. The van der Waals surface area contributed by atoms with E-state index < -0.39 is 29.5 Å². The number of rotatable bonds is 8. The minimum absolute atomic E-state index is 0.0122. The van der Waals surface area contributed by atoms with E-state index in [1.54, 1.807) is 33.0 Å². The molecule has 0 saturated heterocycles. The van der Waals surface area contributed by atoms with E-state index in [0.29, 0.717) is 11.4 Å². The second-order valence-corrected chi connectivity index (χ2v) is 7.34. The van der Waals surface area contributed by atoms with Crippen LogP contribution >= 0.6 is 0 Å². The lowest BCUT2D eigenvalue weighted by atomic mass is 9.97. The molecule has 2 unspecified atom stereocenters. The van der Waals surface area contributed by atoms with E-state index in [1.165, 1.54) is 24.1 Å². The van der Waals surface area contributed by atoms with Crippen LogP contribution in [0.3, 0.4) is 0 Å². The summed E-state index contributed by atoms with van der Waals surface area (Å²) in [5.74, 6) is -1.07. The molecule has 1 aromatic rings. The molecular formula is C20H26FN7O3. The van der Waals surface area contributed by atoms with Gasteiger partial charge in [-0.05, 0) is 31.5 Å². The van der Waals surface area contributed by atoms with Crippen molar-refractivity contribution >= 4 is 36.4 Å². The van der Waals surface area contributed by atoms with Crippen molar-refractivity contribution in [1.29, 1.82) is 5.41 Å². The average Bonchev–Trinajstić information content (AvgIpc) is 2.72. The van der Waals surface area contributed by atoms with Crippen LogP contribution in [0, 0.1) is 11.2 Å². The maximum absolute atomic E-state index is 13.1. The van der Waals surface area contributed by atoms with Gasteiger partial charge in [0.1, 0.15) is 29.8 Å². The minimum Gasteiger partial charge on any atom is -0.371 e. The highest BCUT2D eigenvalue weighted by atomic mass is 19.1. The number of amides is 2. The number of hydrogen-bond acceptors (Lipinski definition) is 7. The number of aliphatic imine (C=N–C) groups is 1. The molecule has 2 rings (SSSR count). The predicted octanol–water partition coefficient (Wildman–Crippen LogP) is 0.728. The summed E-state index contributed by atoms with van der Waals surface area (Å²) in [6.45, 7) is 6.69. The summed E-state index contributed by atoms with van der Waals surface area (Å²) >= 11 is 0. The smallest absolute Gasteiger partial charge is 0.265 e. The van der Waals surface area contributed by atoms with Gasteiger partial charge < -0.3 is 20.3 Å². The third-order valence-corrected chi connectivity index (χ3v) is 4.65. The summed E-state index contributed by atoms with van der Waals surface area (Å²) in [6, 6.07) is 4.68. The largest absolute Gasteiger partial charge is 0.371 e. The first-order chi connectivity index (χ1) is 14.6. The average molecular weight is 431 g/mol. The monoisotopic (exact) mass is 431 g/mol. The fraction of sp³-hybridized carbons (Fsp3) is 0.400. The molecule has 1 aromatic carbocycles. The Labute approximate surface area is 179 Å². The van der Waals surface area contributed by atoms with E-state index in [2.05, 4.69) is 32.5 Å². The molecule has 3 N–H and O–H groups in total. The van der Waals surface area contributed by atoms with Gasteiger partial charge in [-0.25, -0.2) is 4.39 Å². The SMILES string of the molecule is C=NN=CC(=O)NC(C)(C)C1=NC(C(=O)NCc2ccc(F)cc2)C(OC)C(=N)N1C. The number of carbonyl (C=O) groups is 2. The first-order valence-corrected chi connectivity index (χ1v) is 9.37. The normalized spacial score (nSPS) is 19.2. The number of halogens is 1. The number of benzene rings is 1. The van der Waals surface area contributed by atoms with Crippen molar-refractivity contribution < 1.29 is 18.7 Å². The maximum Gasteiger partial charge on any atom is 0.265 e. The summed E-state index contributed by atoms with van der Waals surface area (Å²) in [5.41, 5.74) is -0.335. The number of likely N-dealkylation sites (N-methyl/N-ethyl adjacent to an activating group) is 1. The quantitative estimate of drug-likeness (QED) is 0.413. The van der Waals surface area contributed by atoms with E-state index in [1.807, 2.05) is 0 Å². The second-order valence-electron chi connectivity index (χ2n) is 7.34. The Morgan fingerprint density at radius 3 is 2.61 bits per heavy atom. The molecule has 10 nitrogen and oxygen atoms in total. The molecule has 0 saturated carbocycles.